The van der Waals surface area contributed by atoms with Crippen LogP contribution in [0.25, 0.3) is 10.2 Å². The molecule has 2 heterocycles. The topological polar surface area (TPSA) is 63.1 Å². The molecule has 0 spiro atoms. The van der Waals surface area contributed by atoms with Gasteiger partial charge in [-0.1, -0.05) is 6.92 Å². The van der Waals surface area contributed by atoms with Crippen molar-refractivity contribution < 1.29 is 9.90 Å². The minimum absolute atomic E-state index is 0.0209. The van der Waals surface area contributed by atoms with Crippen LogP contribution < -0.4 is 0 Å². The van der Waals surface area contributed by atoms with Gasteiger partial charge in [-0.25, -0.2) is 9.97 Å². The summed E-state index contributed by atoms with van der Waals surface area (Å²) in [6.07, 6.45) is 5.20. The summed E-state index contributed by atoms with van der Waals surface area (Å²) in [5, 5.41) is 11.0. The summed E-state index contributed by atoms with van der Waals surface area (Å²) in [4.78, 5) is 22.0. The molecule has 19 heavy (non-hydrogen) atoms. The summed E-state index contributed by atoms with van der Waals surface area (Å²) in [5.74, 6) is -0.763. The molecule has 0 radical (unpaired) electrons. The van der Waals surface area contributed by atoms with E-state index in [1.807, 2.05) is 6.92 Å². The zero-order valence-corrected chi connectivity index (χ0v) is 12.2. The van der Waals surface area contributed by atoms with Crippen molar-refractivity contribution >= 4 is 39.3 Å². The third kappa shape index (κ3) is 2.47. The van der Waals surface area contributed by atoms with Gasteiger partial charge >= 0.3 is 5.97 Å². The van der Waals surface area contributed by atoms with E-state index in [2.05, 4.69) is 9.97 Å². The van der Waals surface area contributed by atoms with E-state index in [1.54, 1.807) is 29.4 Å². The summed E-state index contributed by atoms with van der Waals surface area (Å²) in [6, 6.07) is 0. The third-order valence-electron chi connectivity index (χ3n) is 3.24. The second-order valence-corrected chi connectivity index (χ2v) is 7.25. The first-order valence-electron chi connectivity index (χ1n) is 6.29. The molecule has 2 aromatic rings. The van der Waals surface area contributed by atoms with Gasteiger partial charge in [-0.05, 0) is 24.8 Å². The van der Waals surface area contributed by atoms with E-state index in [1.165, 1.54) is 22.2 Å². The van der Waals surface area contributed by atoms with Gasteiger partial charge < -0.3 is 5.11 Å². The number of aryl methyl sites for hydroxylation is 2. The quantitative estimate of drug-likeness (QED) is 0.693. The van der Waals surface area contributed by atoms with Crippen molar-refractivity contribution in [1.29, 1.82) is 0 Å². The Bertz CT molecular complexity index is 639. The normalized spacial score (nSPS) is 15.6. The standard InChI is InChI=1S/C13H14N2O2S2/c1-7(5-10(16)17)18-12-11-8-3-2-4-9(8)19-13(11)15-6-14-12/h6-7H,2-5H2,1H3,(H,16,17). The van der Waals surface area contributed by atoms with Crippen LogP contribution in [0.3, 0.4) is 0 Å². The molecule has 6 heteroatoms. The maximum absolute atomic E-state index is 10.8. The largest absolute Gasteiger partial charge is 0.481 e. The van der Waals surface area contributed by atoms with Crippen molar-refractivity contribution in [2.45, 2.75) is 42.9 Å². The molecule has 1 aliphatic rings. The maximum Gasteiger partial charge on any atom is 0.304 e. The van der Waals surface area contributed by atoms with Gasteiger partial charge in [0, 0.05) is 15.5 Å². The van der Waals surface area contributed by atoms with E-state index < -0.39 is 5.97 Å². The Morgan fingerprint density at radius 3 is 3.16 bits per heavy atom. The van der Waals surface area contributed by atoms with Gasteiger partial charge in [0.15, 0.2) is 0 Å². The van der Waals surface area contributed by atoms with Crippen molar-refractivity contribution in [3.8, 4) is 0 Å². The molecule has 1 unspecified atom stereocenters. The van der Waals surface area contributed by atoms with E-state index in [-0.39, 0.29) is 11.7 Å². The van der Waals surface area contributed by atoms with Crippen molar-refractivity contribution in [3.05, 3.63) is 16.8 Å². The predicted molar refractivity (Wildman–Crippen MR) is 77.0 cm³/mol. The average molecular weight is 294 g/mol. The molecular weight excluding hydrogens is 280 g/mol. The lowest BCUT2D eigenvalue weighted by Crippen LogP contribution is -2.06. The van der Waals surface area contributed by atoms with Crippen LogP contribution in [0.5, 0.6) is 0 Å². The highest BCUT2D eigenvalue weighted by molar-refractivity contribution is 8.00. The Morgan fingerprint density at radius 1 is 1.53 bits per heavy atom. The number of fused-ring (bicyclic) bond motifs is 3. The van der Waals surface area contributed by atoms with E-state index >= 15 is 0 Å². The predicted octanol–water partition coefficient (Wildman–Crippen LogP) is 3.14. The zero-order valence-electron chi connectivity index (χ0n) is 10.5. The molecule has 0 fully saturated rings. The number of carbonyl (C=O) groups is 1. The number of hydrogen-bond donors (Lipinski definition) is 1. The third-order valence-corrected chi connectivity index (χ3v) is 5.54. The highest BCUT2D eigenvalue weighted by Crippen LogP contribution is 2.41. The zero-order chi connectivity index (χ0) is 13.4. The van der Waals surface area contributed by atoms with Crippen LogP contribution in [0.15, 0.2) is 11.4 Å². The Morgan fingerprint density at radius 2 is 2.37 bits per heavy atom. The summed E-state index contributed by atoms with van der Waals surface area (Å²) >= 11 is 3.31. The van der Waals surface area contributed by atoms with E-state index in [0.29, 0.717) is 0 Å². The van der Waals surface area contributed by atoms with E-state index in [0.717, 1.165) is 22.7 Å². The molecule has 100 valence electrons. The smallest absolute Gasteiger partial charge is 0.304 e. The lowest BCUT2D eigenvalue weighted by molar-refractivity contribution is -0.136. The molecule has 2 aromatic heterocycles. The van der Waals surface area contributed by atoms with Gasteiger partial charge in [-0.3, -0.25) is 4.79 Å². The lowest BCUT2D eigenvalue weighted by Gasteiger charge is -2.08. The highest BCUT2D eigenvalue weighted by Gasteiger charge is 2.22. The molecule has 0 saturated heterocycles. The molecule has 3 rings (SSSR count). The highest BCUT2D eigenvalue weighted by atomic mass is 32.2. The molecule has 1 N–H and O–H groups in total. The van der Waals surface area contributed by atoms with Crippen LogP contribution in [0.1, 0.15) is 30.2 Å². The minimum atomic E-state index is -0.763. The average Bonchev–Trinajstić information content (AvgIpc) is 2.87. The molecule has 0 aliphatic heterocycles. The number of carboxylic acids is 1. The minimum Gasteiger partial charge on any atom is -0.481 e. The summed E-state index contributed by atoms with van der Waals surface area (Å²) < 4.78 is 0. The van der Waals surface area contributed by atoms with Crippen molar-refractivity contribution in [1.82, 2.24) is 9.97 Å². The molecule has 0 bridgehead atoms. The van der Waals surface area contributed by atoms with E-state index in [9.17, 15) is 4.79 Å². The molecule has 1 atom stereocenters. The van der Waals surface area contributed by atoms with E-state index in [4.69, 9.17) is 5.11 Å². The van der Waals surface area contributed by atoms with Gasteiger partial charge in [-0.2, -0.15) is 0 Å². The summed E-state index contributed by atoms with van der Waals surface area (Å²) in [6.45, 7) is 1.93. The second-order valence-electron chi connectivity index (χ2n) is 4.74. The number of nitrogens with zero attached hydrogens (tertiary/aromatic N) is 2. The molecule has 0 amide bonds. The van der Waals surface area contributed by atoms with Crippen LogP contribution in [0, 0.1) is 0 Å². The Balaban J connectivity index is 1.97. The molecule has 0 saturated carbocycles. The molecule has 4 nitrogen and oxygen atoms in total. The monoisotopic (exact) mass is 294 g/mol. The van der Waals surface area contributed by atoms with Gasteiger partial charge in [0.05, 0.1) is 6.42 Å². The van der Waals surface area contributed by atoms with Crippen molar-refractivity contribution in [2.75, 3.05) is 0 Å². The van der Waals surface area contributed by atoms with Crippen molar-refractivity contribution in [2.24, 2.45) is 0 Å². The Kier molecular flexibility index (Phi) is 3.45. The second kappa shape index (κ2) is 5.09. The molecule has 1 aliphatic carbocycles. The number of thioether (sulfide) groups is 1. The molecule has 0 aromatic carbocycles. The van der Waals surface area contributed by atoms with Gasteiger partial charge in [0.2, 0.25) is 0 Å². The fraction of sp³-hybridized carbons (Fsp3) is 0.462. The van der Waals surface area contributed by atoms with Crippen LogP contribution in [0.2, 0.25) is 0 Å². The SMILES string of the molecule is CC(CC(=O)O)Sc1ncnc2sc3c(c12)CCC3. The maximum atomic E-state index is 10.8. The number of hydrogen-bond acceptors (Lipinski definition) is 5. The number of aliphatic carboxylic acids is 1. The summed E-state index contributed by atoms with van der Waals surface area (Å²) in [7, 11) is 0. The summed E-state index contributed by atoms with van der Waals surface area (Å²) in [5.41, 5.74) is 1.39. The fourth-order valence-electron chi connectivity index (χ4n) is 2.47. The number of carboxylic acid groups (broad SMARTS) is 1. The van der Waals surface area contributed by atoms with Gasteiger partial charge in [0.1, 0.15) is 16.2 Å². The number of thiophene rings is 1. The first kappa shape index (κ1) is 12.9. The first-order valence-corrected chi connectivity index (χ1v) is 7.98. The van der Waals surface area contributed by atoms with Crippen LogP contribution in [-0.4, -0.2) is 26.3 Å². The van der Waals surface area contributed by atoms with Gasteiger partial charge in [-0.15, -0.1) is 23.1 Å². The van der Waals surface area contributed by atoms with Crippen molar-refractivity contribution in [3.63, 3.8) is 0 Å². The first-order chi connectivity index (χ1) is 9.15. The van der Waals surface area contributed by atoms with Gasteiger partial charge in [0.25, 0.3) is 0 Å². The number of aromatic nitrogens is 2. The van der Waals surface area contributed by atoms with Crippen LogP contribution in [0.4, 0.5) is 0 Å². The lowest BCUT2D eigenvalue weighted by atomic mass is 10.2. The van der Waals surface area contributed by atoms with Crippen LogP contribution in [-0.2, 0) is 17.6 Å². The Labute approximate surface area is 119 Å². The number of rotatable bonds is 4. The van der Waals surface area contributed by atoms with Crippen LogP contribution >= 0.6 is 23.1 Å². The molecular formula is C13H14N2O2S2. The fourth-order valence-corrected chi connectivity index (χ4v) is 4.81. The Hall–Kier alpha value is -1.14.